The molecule has 3 aromatic heterocycles. The van der Waals surface area contributed by atoms with Gasteiger partial charge < -0.3 is 14.3 Å². The number of hydrogen-bond acceptors (Lipinski definition) is 3. The lowest BCUT2D eigenvalue weighted by Gasteiger charge is -2.11. The predicted octanol–water partition coefficient (Wildman–Crippen LogP) is 3.92. The molecule has 0 aliphatic rings. The number of rotatable bonds is 5. The van der Waals surface area contributed by atoms with E-state index in [1.807, 2.05) is 54.0 Å². The van der Waals surface area contributed by atoms with Crippen LogP contribution >= 0.6 is 0 Å². The third-order valence-corrected chi connectivity index (χ3v) is 4.30. The van der Waals surface area contributed by atoms with Gasteiger partial charge in [-0.2, -0.15) is 0 Å². The van der Waals surface area contributed by atoms with E-state index in [4.69, 9.17) is 4.42 Å². The summed E-state index contributed by atoms with van der Waals surface area (Å²) in [5.41, 5.74) is 4.33. The highest BCUT2D eigenvalue weighted by Crippen LogP contribution is 2.25. The molecule has 5 heteroatoms. The lowest BCUT2D eigenvalue weighted by atomic mass is 10.2. The van der Waals surface area contributed by atoms with Crippen LogP contribution in [0.4, 0.5) is 0 Å². The van der Waals surface area contributed by atoms with E-state index < -0.39 is 0 Å². The van der Waals surface area contributed by atoms with Crippen LogP contribution in [0.1, 0.15) is 27.4 Å². The molecule has 4 aromatic rings. The van der Waals surface area contributed by atoms with E-state index in [-0.39, 0.29) is 5.91 Å². The molecule has 1 N–H and O–H groups in total. The summed E-state index contributed by atoms with van der Waals surface area (Å²) >= 11 is 0. The van der Waals surface area contributed by atoms with Gasteiger partial charge in [-0.3, -0.25) is 9.78 Å². The zero-order chi connectivity index (χ0) is 17.9. The fourth-order valence-corrected chi connectivity index (χ4v) is 3.07. The molecule has 0 aliphatic carbocycles. The minimum Gasteiger partial charge on any atom is -0.460 e. The first-order valence-corrected chi connectivity index (χ1v) is 8.51. The quantitative estimate of drug-likeness (QED) is 0.596. The molecule has 130 valence electrons. The zero-order valence-corrected chi connectivity index (χ0v) is 14.5. The van der Waals surface area contributed by atoms with Gasteiger partial charge in [-0.15, -0.1) is 0 Å². The molecule has 5 nitrogen and oxygen atoms in total. The number of carbonyl (C=O) groups excluding carboxylic acids is 1. The number of hydrogen-bond donors (Lipinski definition) is 1. The van der Waals surface area contributed by atoms with Crippen molar-refractivity contribution in [2.75, 3.05) is 0 Å². The number of amides is 1. The van der Waals surface area contributed by atoms with Crippen LogP contribution in [-0.2, 0) is 13.1 Å². The topological polar surface area (TPSA) is 60.1 Å². The van der Waals surface area contributed by atoms with Gasteiger partial charge in [-0.05, 0) is 24.1 Å². The lowest BCUT2D eigenvalue weighted by Crippen LogP contribution is -2.25. The van der Waals surface area contributed by atoms with Crippen molar-refractivity contribution < 1.29 is 9.21 Å². The van der Waals surface area contributed by atoms with Crippen LogP contribution in [-0.4, -0.2) is 15.5 Å². The molecule has 1 amide bonds. The highest BCUT2D eigenvalue weighted by molar-refractivity contribution is 5.97. The minimum atomic E-state index is -0.131. The number of pyridine rings is 1. The summed E-state index contributed by atoms with van der Waals surface area (Å²) in [6.45, 7) is 2.96. The smallest absolute Gasteiger partial charge is 0.268 e. The normalized spacial score (nSPS) is 11.0. The van der Waals surface area contributed by atoms with Gasteiger partial charge in [0.2, 0.25) is 0 Å². The number of aryl methyl sites for hydroxylation is 1. The largest absolute Gasteiger partial charge is 0.460 e. The molecular formula is C21H19N3O2. The van der Waals surface area contributed by atoms with Crippen molar-refractivity contribution in [3.8, 4) is 0 Å². The Bertz CT molecular complexity index is 1030. The van der Waals surface area contributed by atoms with Crippen molar-refractivity contribution in [1.29, 1.82) is 0 Å². The summed E-state index contributed by atoms with van der Waals surface area (Å²) in [6, 6.07) is 17.7. The fraction of sp³-hybridized carbons (Fsp3) is 0.143. The number of nitrogens with zero attached hydrogens (tertiary/aromatic N) is 2. The summed E-state index contributed by atoms with van der Waals surface area (Å²) in [5.74, 6) is 0.702. The van der Waals surface area contributed by atoms with E-state index in [9.17, 15) is 4.79 Å². The number of furan rings is 1. The summed E-state index contributed by atoms with van der Waals surface area (Å²) in [7, 11) is 0. The molecule has 0 saturated carbocycles. The Kier molecular flexibility index (Phi) is 4.27. The minimum absolute atomic E-state index is 0.131. The van der Waals surface area contributed by atoms with Crippen molar-refractivity contribution in [3.05, 3.63) is 89.6 Å². The molecule has 0 bridgehead atoms. The van der Waals surface area contributed by atoms with Crippen molar-refractivity contribution >= 4 is 17.0 Å². The van der Waals surface area contributed by atoms with Crippen molar-refractivity contribution in [3.63, 3.8) is 0 Å². The molecule has 0 aliphatic heterocycles. The van der Waals surface area contributed by atoms with E-state index in [0.29, 0.717) is 18.8 Å². The molecule has 0 unspecified atom stereocenters. The van der Waals surface area contributed by atoms with Gasteiger partial charge >= 0.3 is 0 Å². The molecule has 0 spiro atoms. The van der Waals surface area contributed by atoms with Gasteiger partial charge in [0.25, 0.3) is 5.91 Å². The average molecular weight is 345 g/mol. The number of fused-ring (bicyclic) bond motifs is 1. The van der Waals surface area contributed by atoms with E-state index in [1.54, 1.807) is 12.4 Å². The Morgan fingerprint density at radius 1 is 1.12 bits per heavy atom. The monoisotopic (exact) mass is 345 g/mol. The van der Waals surface area contributed by atoms with Gasteiger partial charge in [0.1, 0.15) is 11.5 Å². The second kappa shape index (κ2) is 6.88. The Balaban J connectivity index is 1.64. The number of carbonyl (C=O) groups is 1. The maximum atomic E-state index is 12.8. The standard InChI is InChI=1S/C21H19N3O2/c1-15-10-18-20(26-15)11-19(24(18)14-16-6-3-2-4-7-16)21(25)23-13-17-8-5-9-22-12-17/h2-12H,13-14H2,1H3,(H,23,25). The number of aromatic nitrogens is 2. The van der Waals surface area contributed by atoms with Crippen LogP contribution < -0.4 is 5.32 Å². The van der Waals surface area contributed by atoms with E-state index in [0.717, 1.165) is 28.0 Å². The maximum absolute atomic E-state index is 12.8. The predicted molar refractivity (Wildman–Crippen MR) is 99.9 cm³/mol. The molecule has 1 aromatic carbocycles. The molecule has 0 radical (unpaired) electrons. The SMILES string of the molecule is Cc1cc2c(cc(C(=O)NCc3cccnc3)n2Cc2ccccc2)o1. The van der Waals surface area contributed by atoms with Crippen LogP contribution in [0.5, 0.6) is 0 Å². The van der Waals surface area contributed by atoms with Crippen LogP contribution in [0, 0.1) is 6.92 Å². The summed E-state index contributed by atoms with van der Waals surface area (Å²) < 4.78 is 7.73. The van der Waals surface area contributed by atoms with Crippen molar-refractivity contribution in [2.24, 2.45) is 0 Å². The first-order chi connectivity index (χ1) is 12.7. The second-order valence-electron chi connectivity index (χ2n) is 6.25. The number of nitrogens with one attached hydrogen (secondary N) is 1. The van der Waals surface area contributed by atoms with Gasteiger partial charge in [0.05, 0.1) is 5.52 Å². The molecule has 26 heavy (non-hydrogen) atoms. The summed E-state index contributed by atoms with van der Waals surface area (Å²) in [4.78, 5) is 16.9. The maximum Gasteiger partial charge on any atom is 0.268 e. The Morgan fingerprint density at radius 2 is 1.92 bits per heavy atom. The van der Waals surface area contributed by atoms with Gasteiger partial charge in [-0.25, -0.2) is 0 Å². The first kappa shape index (κ1) is 16.1. The van der Waals surface area contributed by atoms with E-state index in [1.165, 1.54) is 0 Å². The molecule has 3 heterocycles. The molecular weight excluding hydrogens is 326 g/mol. The highest BCUT2D eigenvalue weighted by Gasteiger charge is 2.18. The van der Waals surface area contributed by atoms with Gasteiger partial charge in [0.15, 0.2) is 5.58 Å². The molecule has 0 fully saturated rings. The Labute approximate surface area is 151 Å². The first-order valence-electron chi connectivity index (χ1n) is 8.51. The number of benzene rings is 1. The van der Waals surface area contributed by atoms with E-state index >= 15 is 0 Å². The third kappa shape index (κ3) is 3.24. The highest BCUT2D eigenvalue weighted by atomic mass is 16.3. The second-order valence-corrected chi connectivity index (χ2v) is 6.25. The Morgan fingerprint density at radius 3 is 2.69 bits per heavy atom. The van der Waals surface area contributed by atoms with Crippen LogP contribution in [0.15, 0.2) is 71.4 Å². The van der Waals surface area contributed by atoms with Gasteiger partial charge in [-0.1, -0.05) is 36.4 Å². The van der Waals surface area contributed by atoms with Gasteiger partial charge in [0, 0.05) is 37.6 Å². The van der Waals surface area contributed by atoms with Crippen LogP contribution in [0.2, 0.25) is 0 Å². The van der Waals surface area contributed by atoms with Crippen LogP contribution in [0.25, 0.3) is 11.1 Å². The van der Waals surface area contributed by atoms with Crippen molar-refractivity contribution in [1.82, 2.24) is 14.9 Å². The summed E-state index contributed by atoms with van der Waals surface area (Å²) in [6.07, 6.45) is 3.46. The van der Waals surface area contributed by atoms with Crippen molar-refractivity contribution in [2.45, 2.75) is 20.0 Å². The molecule has 4 rings (SSSR count). The fourth-order valence-electron chi connectivity index (χ4n) is 3.07. The molecule has 0 saturated heterocycles. The Hall–Kier alpha value is -3.34. The molecule has 0 atom stereocenters. The average Bonchev–Trinajstić information content (AvgIpc) is 3.19. The lowest BCUT2D eigenvalue weighted by molar-refractivity contribution is 0.0942. The van der Waals surface area contributed by atoms with E-state index in [2.05, 4.69) is 22.4 Å². The zero-order valence-electron chi connectivity index (χ0n) is 14.5. The third-order valence-electron chi connectivity index (χ3n) is 4.30. The summed E-state index contributed by atoms with van der Waals surface area (Å²) in [5, 5.41) is 2.97. The van der Waals surface area contributed by atoms with Crippen LogP contribution in [0.3, 0.4) is 0 Å².